The molecule has 1 unspecified atom stereocenters. The number of aryl methyl sites for hydroxylation is 2. The summed E-state index contributed by atoms with van der Waals surface area (Å²) in [5.74, 6) is 1.36. The predicted octanol–water partition coefficient (Wildman–Crippen LogP) is 1.85. The fourth-order valence-electron chi connectivity index (χ4n) is 2.19. The van der Waals surface area contributed by atoms with Gasteiger partial charge in [0.15, 0.2) is 0 Å². The molecule has 2 N–H and O–H groups in total. The van der Waals surface area contributed by atoms with Gasteiger partial charge in [-0.05, 0) is 19.8 Å². The molecule has 1 aromatic heterocycles. The quantitative estimate of drug-likeness (QED) is 0.824. The Balaban J connectivity index is 2.35. The van der Waals surface area contributed by atoms with E-state index in [1.807, 2.05) is 18.5 Å². The summed E-state index contributed by atoms with van der Waals surface area (Å²) < 4.78 is 1.90. The Hall–Kier alpha value is -1.52. The largest absolute Gasteiger partial charge is 0.368 e. The average Bonchev–Trinajstić information content (AvgIpc) is 2.46. The summed E-state index contributed by atoms with van der Waals surface area (Å²) >= 11 is 0. The van der Waals surface area contributed by atoms with E-state index in [0.717, 1.165) is 23.7 Å². The molecule has 17 heavy (non-hydrogen) atoms. The van der Waals surface area contributed by atoms with E-state index < -0.39 is 0 Å². The predicted molar refractivity (Wildman–Crippen MR) is 68.1 cm³/mol. The van der Waals surface area contributed by atoms with Gasteiger partial charge in [0.1, 0.15) is 11.5 Å². The van der Waals surface area contributed by atoms with Crippen LogP contribution in [-0.2, 0) is 11.3 Å². The zero-order valence-corrected chi connectivity index (χ0v) is 10.9. The average molecular weight is 236 g/mol. The molecule has 5 heteroatoms. The number of nitrogens with zero attached hydrogens (tertiary/aromatic N) is 2. The van der Waals surface area contributed by atoms with Crippen molar-refractivity contribution in [3.8, 4) is 0 Å². The number of hydrogen-bond donors (Lipinski definition) is 2. The lowest BCUT2D eigenvalue weighted by Crippen LogP contribution is -2.30. The zero-order chi connectivity index (χ0) is 12.6. The molecule has 0 aromatic carbocycles. The number of carbonyl (C=O) groups is 1. The van der Waals surface area contributed by atoms with E-state index >= 15 is 0 Å². The first-order valence-corrected chi connectivity index (χ1v) is 6.16. The maximum Gasteiger partial charge on any atom is 0.229 e. The van der Waals surface area contributed by atoms with Gasteiger partial charge in [0.2, 0.25) is 5.91 Å². The van der Waals surface area contributed by atoms with Crippen molar-refractivity contribution in [2.24, 2.45) is 11.8 Å². The summed E-state index contributed by atoms with van der Waals surface area (Å²) in [5, 5.41) is 10.7. The second-order valence-electron chi connectivity index (χ2n) is 4.85. The van der Waals surface area contributed by atoms with Crippen molar-refractivity contribution in [2.75, 3.05) is 17.2 Å². The minimum absolute atomic E-state index is 0.00658. The molecule has 1 aliphatic rings. The number of hydrogen-bond acceptors (Lipinski definition) is 3. The molecular weight excluding hydrogens is 216 g/mol. The summed E-state index contributed by atoms with van der Waals surface area (Å²) in [7, 11) is 0. The molecular formula is C12H20N4O. The Kier molecular flexibility index (Phi) is 3.09. The molecule has 0 bridgehead atoms. The molecule has 1 aromatic rings. The molecule has 5 nitrogen and oxygen atoms in total. The SMILES string of the molecule is CCn1nc(C)c2c1NCC(C(C)C)C(=O)N2. The molecule has 94 valence electrons. The molecule has 1 aliphatic heterocycles. The van der Waals surface area contributed by atoms with E-state index in [4.69, 9.17) is 0 Å². The summed E-state index contributed by atoms with van der Waals surface area (Å²) in [5.41, 5.74) is 1.70. The number of rotatable bonds is 2. The first kappa shape index (κ1) is 12.0. The molecule has 2 heterocycles. The van der Waals surface area contributed by atoms with E-state index in [0.29, 0.717) is 12.5 Å². The smallest absolute Gasteiger partial charge is 0.229 e. The molecule has 1 amide bonds. The molecule has 0 radical (unpaired) electrons. The van der Waals surface area contributed by atoms with Crippen LogP contribution in [0.3, 0.4) is 0 Å². The molecule has 2 rings (SSSR count). The van der Waals surface area contributed by atoms with Crippen LogP contribution in [0.15, 0.2) is 0 Å². The molecule has 0 aliphatic carbocycles. The Morgan fingerprint density at radius 1 is 1.53 bits per heavy atom. The maximum absolute atomic E-state index is 12.1. The highest BCUT2D eigenvalue weighted by molar-refractivity contribution is 5.97. The Morgan fingerprint density at radius 2 is 2.24 bits per heavy atom. The van der Waals surface area contributed by atoms with Crippen LogP contribution in [0, 0.1) is 18.8 Å². The van der Waals surface area contributed by atoms with Crippen LogP contribution in [0.2, 0.25) is 0 Å². The highest BCUT2D eigenvalue weighted by Crippen LogP contribution is 2.30. The Labute approximate surface area is 102 Å². The number of carbonyl (C=O) groups excluding carboxylic acids is 1. The van der Waals surface area contributed by atoms with Crippen LogP contribution in [0.5, 0.6) is 0 Å². The summed E-state index contributed by atoms with van der Waals surface area (Å²) in [4.78, 5) is 12.1. The third kappa shape index (κ3) is 2.01. The van der Waals surface area contributed by atoms with Gasteiger partial charge in [-0.1, -0.05) is 13.8 Å². The lowest BCUT2D eigenvalue weighted by molar-refractivity contribution is -0.120. The molecule has 0 saturated carbocycles. The van der Waals surface area contributed by atoms with Gasteiger partial charge in [0.25, 0.3) is 0 Å². The molecule has 0 fully saturated rings. The van der Waals surface area contributed by atoms with E-state index in [2.05, 4.69) is 29.6 Å². The van der Waals surface area contributed by atoms with Crippen LogP contribution < -0.4 is 10.6 Å². The minimum Gasteiger partial charge on any atom is -0.368 e. The number of fused-ring (bicyclic) bond motifs is 1. The summed E-state index contributed by atoms with van der Waals surface area (Å²) in [6.07, 6.45) is 0. The first-order valence-electron chi connectivity index (χ1n) is 6.16. The highest BCUT2D eigenvalue weighted by Gasteiger charge is 2.28. The normalized spacial score (nSPS) is 19.6. The van der Waals surface area contributed by atoms with Crippen molar-refractivity contribution in [1.82, 2.24) is 9.78 Å². The standard InChI is InChI=1S/C12H20N4O/c1-5-16-11-10(8(4)15-16)14-12(17)9(6-13-11)7(2)3/h7,9,13H,5-6H2,1-4H3,(H,14,17). The first-order chi connectivity index (χ1) is 8.04. The van der Waals surface area contributed by atoms with Crippen molar-refractivity contribution in [3.63, 3.8) is 0 Å². The van der Waals surface area contributed by atoms with Crippen molar-refractivity contribution in [2.45, 2.75) is 34.2 Å². The summed E-state index contributed by atoms with van der Waals surface area (Å²) in [6, 6.07) is 0. The Bertz CT molecular complexity index is 436. The minimum atomic E-state index is 0.00658. The molecule has 1 atom stereocenters. The van der Waals surface area contributed by atoms with Gasteiger partial charge >= 0.3 is 0 Å². The number of aromatic nitrogens is 2. The number of amides is 1. The van der Waals surface area contributed by atoms with Gasteiger partial charge in [-0.15, -0.1) is 0 Å². The maximum atomic E-state index is 12.1. The van der Waals surface area contributed by atoms with Gasteiger partial charge in [0, 0.05) is 13.1 Å². The third-order valence-corrected chi connectivity index (χ3v) is 3.31. The van der Waals surface area contributed by atoms with Crippen molar-refractivity contribution < 1.29 is 4.79 Å². The van der Waals surface area contributed by atoms with Gasteiger partial charge in [0.05, 0.1) is 11.6 Å². The van der Waals surface area contributed by atoms with Gasteiger partial charge in [-0.25, -0.2) is 4.68 Å². The fraction of sp³-hybridized carbons (Fsp3) is 0.667. The van der Waals surface area contributed by atoms with Crippen LogP contribution >= 0.6 is 0 Å². The third-order valence-electron chi connectivity index (χ3n) is 3.31. The molecule has 0 saturated heterocycles. The van der Waals surface area contributed by atoms with Gasteiger partial charge in [-0.2, -0.15) is 5.10 Å². The van der Waals surface area contributed by atoms with E-state index in [-0.39, 0.29) is 11.8 Å². The van der Waals surface area contributed by atoms with Crippen LogP contribution in [0.4, 0.5) is 11.5 Å². The second kappa shape index (κ2) is 4.39. The van der Waals surface area contributed by atoms with Crippen molar-refractivity contribution in [3.05, 3.63) is 5.69 Å². The zero-order valence-electron chi connectivity index (χ0n) is 10.9. The second-order valence-corrected chi connectivity index (χ2v) is 4.85. The fourth-order valence-corrected chi connectivity index (χ4v) is 2.19. The summed E-state index contributed by atoms with van der Waals surface area (Å²) in [6.45, 7) is 9.57. The highest BCUT2D eigenvalue weighted by atomic mass is 16.2. The van der Waals surface area contributed by atoms with Crippen molar-refractivity contribution >= 4 is 17.4 Å². The number of nitrogens with one attached hydrogen (secondary N) is 2. The van der Waals surface area contributed by atoms with Crippen LogP contribution in [0.1, 0.15) is 26.5 Å². The van der Waals surface area contributed by atoms with Gasteiger partial charge in [-0.3, -0.25) is 4.79 Å². The van der Waals surface area contributed by atoms with Crippen LogP contribution in [-0.4, -0.2) is 22.2 Å². The van der Waals surface area contributed by atoms with E-state index in [1.165, 1.54) is 0 Å². The topological polar surface area (TPSA) is 59.0 Å². The van der Waals surface area contributed by atoms with Crippen LogP contribution in [0.25, 0.3) is 0 Å². The lowest BCUT2D eigenvalue weighted by atomic mass is 9.95. The van der Waals surface area contributed by atoms with Crippen molar-refractivity contribution in [1.29, 1.82) is 0 Å². The lowest BCUT2D eigenvalue weighted by Gasteiger charge is -2.17. The van der Waals surface area contributed by atoms with E-state index in [9.17, 15) is 4.79 Å². The Morgan fingerprint density at radius 3 is 2.82 bits per heavy atom. The molecule has 0 spiro atoms. The number of anilines is 2. The van der Waals surface area contributed by atoms with Gasteiger partial charge < -0.3 is 10.6 Å². The monoisotopic (exact) mass is 236 g/mol. The van der Waals surface area contributed by atoms with E-state index in [1.54, 1.807) is 0 Å².